The fraction of sp³-hybridized carbons (Fsp3) is 0.133. The highest BCUT2D eigenvalue weighted by atomic mass is 35.5. The summed E-state index contributed by atoms with van der Waals surface area (Å²) >= 11 is 5.86. The molecule has 2 N–H and O–H groups in total. The maximum absolute atomic E-state index is 11.8. The van der Waals surface area contributed by atoms with E-state index in [0.717, 1.165) is 5.56 Å². The van der Waals surface area contributed by atoms with Crippen molar-refractivity contribution in [3.05, 3.63) is 64.7 Å². The number of hydrogen-bond donors (Lipinski definition) is 1. The van der Waals surface area contributed by atoms with Gasteiger partial charge in [-0.15, -0.1) is 0 Å². The molecule has 0 bridgehead atoms. The van der Waals surface area contributed by atoms with Crippen LogP contribution in [0.3, 0.4) is 0 Å². The van der Waals surface area contributed by atoms with E-state index < -0.39 is 5.97 Å². The van der Waals surface area contributed by atoms with Crippen LogP contribution in [-0.2, 0) is 11.2 Å². The lowest BCUT2D eigenvalue weighted by Crippen LogP contribution is -2.10. The molecule has 0 amide bonds. The van der Waals surface area contributed by atoms with Crippen molar-refractivity contribution >= 4 is 23.3 Å². The average Bonchev–Trinajstić information content (AvgIpc) is 2.43. The number of rotatable bonds is 4. The Bertz CT molecular complexity index is 570. The highest BCUT2D eigenvalue weighted by molar-refractivity contribution is 6.33. The number of nitrogen functional groups attached to an aromatic ring is 1. The molecule has 0 aliphatic carbocycles. The Kier molecular flexibility index (Phi) is 4.42. The Balaban J connectivity index is 1.93. The summed E-state index contributed by atoms with van der Waals surface area (Å²) in [6.45, 7) is 0.314. The molecule has 0 spiro atoms. The highest BCUT2D eigenvalue weighted by Gasteiger charge is 2.12. The molecule has 0 heterocycles. The van der Waals surface area contributed by atoms with Gasteiger partial charge in [0.2, 0.25) is 0 Å². The zero-order valence-corrected chi connectivity index (χ0v) is 11.1. The van der Waals surface area contributed by atoms with Crippen molar-refractivity contribution in [2.75, 3.05) is 12.3 Å². The lowest BCUT2D eigenvalue weighted by Gasteiger charge is -2.08. The number of halogens is 1. The van der Waals surface area contributed by atoms with E-state index in [1.165, 1.54) is 0 Å². The van der Waals surface area contributed by atoms with Crippen LogP contribution in [-0.4, -0.2) is 12.6 Å². The van der Waals surface area contributed by atoms with Crippen molar-refractivity contribution in [3.63, 3.8) is 0 Å². The van der Waals surface area contributed by atoms with Crippen LogP contribution in [0.2, 0.25) is 5.02 Å². The first-order chi connectivity index (χ1) is 9.18. The van der Waals surface area contributed by atoms with E-state index in [0.29, 0.717) is 23.6 Å². The van der Waals surface area contributed by atoms with E-state index in [9.17, 15) is 4.79 Å². The summed E-state index contributed by atoms with van der Waals surface area (Å²) in [5.74, 6) is -0.448. The second kappa shape index (κ2) is 6.25. The molecular weight excluding hydrogens is 262 g/mol. The van der Waals surface area contributed by atoms with Crippen molar-refractivity contribution in [1.29, 1.82) is 0 Å². The normalized spacial score (nSPS) is 10.2. The van der Waals surface area contributed by atoms with Gasteiger partial charge in [-0.2, -0.15) is 0 Å². The first kappa shape index (κ1) is 13.4. The van der Waals surface area contributed by atoms with Gasteiger partial charge in [0.05, 0.1) is 22.9 Å². The molecule has 0 saturated carbocycles. The quantitative estimate of drug-likeness (QED) is 0.688. The Morgan fingerprint density at radius 3 is 2.58 bits per heavy atom. The van der Waals surface area contributed by atoms with E-state index in [1.54, 1.807) is 18.2 Å². The molecule has 2 rings (SSSR count). The van der Waals surface area contributed by atoms with Gasteiger partial charge in [0.15, 0.2) is 0 Å². The summed E-state index contributed by atoms with van der Waals surface area (Å²) in [6.07, 6.45) is 0.674. The van der Waals surface area contributed by atoms with Crippen LogP contribution in [0.25, 0.3) is 0 Å². The van der Waals surface area contributed by atoms with Crippen LogP contribution in [0.4, 0.5) is 5.69 Å². The van der Waals surface area contributed by atoms with Crippen LogP contribution >= 0.6 is 11.6 Å². The predicted molar refractivity (Wildman–Crippen MR) is 76.3 cm³/mol. The molecule has 19 heavy (non-hydrogen) atoms. The monoisotopic (exact) mass is 275 g/mol. The topological polar surface area (TPSA) is 52.3 Å². The van der Waals surface area contributed by atoms with Crippen molar-refractivity contribution in [2.45, 2.75) is 6.42 Å². The molecule has 0 aliphatic rings. The zero-order valence-electron chi connectivity index (χ0n) is 10.3. The third kappa shape index (κ3) is 3.48. The third-order valence-corrected chi connectivity index (χ3v) is 3.07. The van der Waals surface area contributed by atoms with Gasteiger partial charge in [0.1, 0.15) is 0 Å². The minimum absolute atomic E-state index is 0.258. The first-order valence-electron chi connectivity index (χ1n) is 5.93. The van der Waals surface area contributed by atoms with Gasteiger partial charge in [-0.3, -0.25) is 0 Å². The second-order valence-corrected chi connectivity index (χ2v) is 4.48. The number of carbonyl (C=O) groups is 1. The lowest BCUT2D eigenvalue weighted by molar-refractivity contribution is 0.0510. The number of ether oxygens (including phenoxy) is 1. The fourth-order valence-electron chi connectivity index (χ4n) is 1.70. The number of hydrogen-bond acceptors (Lipinski definition) is 3. The number of carbonyl (C=O) groups excluding carboxylic acids is 1. The summed E-state index contributed by atoms with van der Waals surface area (Å²) in [5, 5.41) is 0.359. The van der Waals surface area contributed by atoms with Gasteiger partial charge < -0.3 is 10.5 Å². The van der Waals surface area contributed by atoms with E-state index in [4.69, 9.17) is 22.1 Å². The minimum Gasteiger partial charge on any atom is -0.462 e. The molecule has 3 nitrogen and oxygen atoms in total. The maximum Gasteiger partial charge on any atom is 0.340 e. The second-order valence-electron chi connectivity index (χ2n) is 4.07. The predicted octanol–water partition coefficient (Wildman–Crippen LogP) is 3.32. The van der Waals surface area contributed by atoms with E-state index >= 15 is 0 Å². The van der Waals surface area contributed by atoms with Crippen LogP contribution in [0, 0.1) is 0 Å². The van der Waals surface area contributed by atoms with Gasteiger partial charge in [-0.05, 0) is 17.7 Å². The molecule has 2 aromatic carbocycles. The van der Waals surface area contributed by atoms with E-state index in [-0.39, 0.29) is 5.69 Å². The molecule has 0 unspecified atom stereocenters. The number of esters is 1. The van der Waals surface area contributed by atoms with Crippen LogP contribution in [0.15, 0.2) is 48.5 Å². The van der Waals surface area contributed by atoms with Gasteiger partial charge >= 0.3 is 5.97 Å². The summed E-state index contributed by atoms with van der Waals surface area (Å²) in [4.78, 5) is 11.8. The maximum atomic E-state index is 11.8. The largest absolute Gasteiger partial charge is 0.462 e. The molecule has 0 fully saturated rings. The van der Waals surface area contributed by atoms with Crippen molar-refractivity contribution in [1.82, 2.24) is 0 Å². The molecule has 0 atom stereocenters. The number of para-hydroxylation sites is 1. The SMILES string of the molecule is Nc1c(Cl)cccc1C(=O)OCCc1ccccc1. The van der Waals surface area contributed by atoms with Crippen molar-refractivity contribution in [2.24, 2.45) is 0 Å². The molecule has 4 heteroatoms. The van der Waals surface area contributed by atoms with E-state index in [2.05, 4.69) is 0 Å². The zero-order chi connectivity index (χ0) is 13.7. The summed E-state index contributed by atoms with van der Waals surface area (Å²) in [5.41, 5.74) is 7.42. The standard InChI is InChI=1S/C15H14ClNO2/c16-13-8-4-7-12(14(13)17)15(18)19-10-9-11-5-2-1-3-6-11/h1-8H,9-10,17H2. The molecular formula is C15H14ClNO2. The lowest BCUT2D eigenvalue weighted by atomic mass is 10.1. The average molecular weight is 276 g/mol. The first-order valence-corrected chi connectivity index (χ1v) is 6.31. The molecule has 0 radical (unpaired) electrons. The smallest absolute Gasteiger partial charge is 0.340 e. The van der Waals surface area contributed by atoms with E-state index in [1.807, 2.05) is 30.3 Å². The van der Waals surface area contributed by atoms with Crippen LogP contribution in [0.5, 0.6) is 0 Å². The number of nitrogens with two attached hydrogens (primary N) is 1. The van der Waals surface area contributed by atoms with Crippen molar-refractivity contribution in [3.8, 4) is 0 Å². The molecule has 0 aliphatic heterocycles. The van der Waals surface area contributed by atoms with Crippen LogP contribution in [0.1, 0.15) is 15.9 Å². The summed E-state index contributed by atoms with van der Waals surface area (Å²) in [7, 11) is 0. The van der Waals surface area contributed by atoms with Crippen LogP contribution < -0.4 is 5.73 Å². The molecule has 0 aromatic heterocycles. The molecule has 98 valence electrons. The minimum atomic E-state index is -0.448. The fourth-order valence-corrected chi connectivity index (χ4v) is 1.87. The molecule has 2 aromatic rings. The third-order valence-electron chi connectivity index (χ3n) is 2.74. The number of anilines is 1. The summed E-state index contributed by atoms with van der Waals surface area (Å²) in [6, 6.07) is 14.7. The van der Waals surface area contributed by atoms with Gasteiger partial charge in [0.25, 0.3) is 0 Å². The molecule has 0 saturated heterocycles. The Hall–Kier alpha value is -2.00. The number of benzene rings is 2. The summed E-state index contributed by atoms with van der Waals surface area (Å²) < 4.78 is 5.19. The Morgan fingerprint density at radius 2 is 1.84 bits per heavy atom. The van der Waals surface area contributed by atoms with Crippen molar-refractivity contribution < 1.29 is 9.53 Å². The van der Waals surface area contributed by atoms with Gasteiger partial charge in [-0.25, -0.2) is 4.79 Å². The highest BCUT2D eigenvalue weighted by Crippen LogP contribution is 2.22. The Labute approximate surface area is 117 Å². The Morgan fingerprint density at radius 1 is 1.11 bits per heavy atom. The van der Waals surface area contributed by atoms with Gasteiger partial charge in [-0.1, -0.05) is 48.0 Å². The van der Waals surface area contributed by atoms with Gasteiger partial charge in [0, 0.05) is 6.42 Å².